The summed E-state index contributed by atoms with van der Waals surface area (Å²) < 4.78 is 11.6. The minimum absolute atomic E-state index is 0.0220. The number of anilines is 1. The van der Waals surface area contributed by atoms with Crippen LogP contribution in [0, 0.1) is 13.8 Å². The maximum atomic E-state index is 12.4. The SMILES string of the molecule is Cc1cc2oc(-c3ccc4c(c3)NCCO4)cc(=O)c2cc1C. The minimum Gasteiger partial charge on any atom is -0.490 e. The lowest BCUT2D eigenvalue weighted by molar-refractivity contribution is 0.323. The van der Waals surface area contributed by atoms with Gasteiger partial charge in [0.25, 0.3) is 0 Å². The summed E-state index contributed by atoms with van der Waals surface area (Å²) >= 11 is 0. The molecule has 116 valence electrons. The van der Waals surface area contributed by atoms with Crippen molar-refractivity contribution in [1.82, 2.24) is 0 Å². The third-order valence-corrected chi connectivity index (χ3v) is 4.28. The molecule has 0 saturated carbocycles. The zero-order valence-electron chi connectivity index (χ0n) is 13.1. The van der Waals surface area contributed by atoms with E-state index in [1.807, 2.05) is 44.2 Å². The van der Waals surface area contributed by atoms with Crippen molar-refractivity contribution in [1.29, 1.82) is 0 Å². The molecule has 4 nitrogen and oxygen atoms in total. The number of ether oxygens (including phenoxy) is 1. The molecule has 2 aromatic carbocycles. The van der Waals surface area contributed by atoms with E-state index in [1.54, 1.807) is 6.07 Å². The van der Waals surface area contributed by atoms with Crippen LogP contribution >= 0.6 is 0 Å². The van der Waals surface area contributed by atoms with Gasteiger partial charge in [0.1, 0.15) is 23.7 Å². The predicted molar refractivity (Wildman–Crippen MR) is 91.4 cm³/mol. The van der Waals surface area contributed by atoms with E-state index in [0.29, 0.717) is 23.3 Å². The number of nitrogens with one attached hydrogen (secondary N) is 1. The summed E-state index contributed by atoms with van der Waals surface area (Å²) in [5.74, 6) is 1.40. The van der Waals surface area contributed by atoms with Crippen molar-refractivity contribution < 1.29 is 9.15 Å². The molecule has 23 heavy (non-hydrogen) atoms. The van der Waals surface area contributed by atoms with Gasteiger partial charge in [-0.05, 0) is 55.3 Å². The molecule has 4 rings (SSSR count). The van der Waals surface area contributed by atoms with E-state index < -0.39 is 0 Å². The van der Waals surface area contributed by atoms with Crippen molar-refractivity contribution in [2.75, 3.05) is 18.5 Å². The molecule has 0 amide bonds. The molecular weight excluding hydrogens is 290 g/mol. The van der Waals surface area contributed by atoms with Crippen molar-refractivity contribution in [3.8, 4) is 17.1 Å². The first kappa shape index (κ1) is 13.9. The van der Waals surface area contributed by atoms with Crippen LogP contribution in [-0.4, -0.2) is 13.2 Å². The van der Waals surface area contributed by atoms with Gasteiger partial charge in [-0.1, -0.05) is 0 Å². The smallest absolute Gasteiger partial charge is 0.193 e. The molecule has 1 aliphatic rings. The summed E-state index contributed by atoms with van der Waals surface area (Å²) in [5.41, 5.74) is 4.59. The van der Waals surface area contributed by atoms with Crippen LogP contribution in [0.25, 0.3) is 22.3 Å². The lowest BCUT2D eigenvalue weighted by Gasteiger charge is -2.19. The third kappa shape index (κ3) is 2.36. The van der Waals surface area contributed by atoms with Crippen LogP contribution in [0.4, 0.5) is 5.69 Å². The van der Waals surface area contributed by atoms with Crippen molar-refractivity contribution in [3.63, 3.8) is 0 Å². The Kier molecular flexibility index (Phi) is 3.11. The molecule has 0 unspecified atom stereocenters. The van der Waals surface area contributed by atoms with Crippen molar-refractivity contribution >= 4 is 16.7 Å². The van der Waals surface area contributed by atoms with Crippen LogP contribution in [0.1, 0.15) is 11.1 Å². The van der Waals surface area contributed by atoms with Crippen molar-refractivity contribution in [2.45, 2.75) is 13.8 Å². The molecule has 0 spiro atoms. The fourth-order valence-corrected chi connectivity index (χ4v) is 2.85. The molecule has 0 radical (unpaired) electrons. The van der Waals surface area contributed by atoms with E-state index in [0.717, 1.165) is 34.7 Å². The summed E-state index contributed by atoms with van der Waals surface area (Å²) in [7, 11) is 0. The molecule has 2 heterocycles. The average molecular weight is 307 g/mol. The Morgan fingerprint density at radius 3 is 2.74 bits per heavy atom. The maximum Gasteiger partial charge on any atom is 0.193 e. The quantitative estimate of drug-likeness (QED) is 0.741. The zero-order chi connectivity index (χ0) is 16.0. The monoisotopic (exact) mass is 307 g/mol. The molecule has 0 aliphatic carbocycles. The predicted octanol–water partition coefficient (Wildman–Crippen LogP) is 3.88. The fourth-order valence-electron chi connectivity index (χ4n) is 2.85. The van der Waals surface area contributed by atoms with Gasteiger partial charge in [0.15, 0.2) is 5.43 Å². The van der Waals surface area contributed by atoms with Crippen LogP contribution in [-0.2, 0) is 0 Å². The van der Waals surface area contributed by atoms with Crippen LogP contribution in [0.2, 0.25) is 0 Å². The van der Waals surface area contributed by atoms with E-state index in [4.69, 9.17) is 9.15 Å². The van der Waals surface area contributed by atoms with Crippen LogP contribution in [0.3, 0.4) is 0 Å². The highest BCUT2D eigenvalue weighted by Crippen LogP contribution is 2.33. The molecule has 0 atom stereocenters. The molecule has 0 bridgehead atoms. The van der Waals surface area contributed by atoms with E-state index in [9.17, 15) is 4.79 Å². The van der Waals surface area contributed by atoms with Crippen molar-refractivity contribution in [3.05, 3.63) is 57.7 Å². The van der Waals surface area contributed by atoms with Gasteiger partial charge in [0, 0.05) is 18.2 Å². The van der Waals surface area contributed by atoms with Crippen LogP contribution in [0.5, 0.6) is 5.75 Å². The average Bonchev–Trinajstić information content (AvgIpc) is 2.56. The summed E-state index contributed by atoms with van der Waals surface area (Å²) in [6.45, 7) is 5.45. The normalized spacial score (nSPS) is 13.3. The van der Waals surface area contributed by atoms with E-state index in [-0.39, 0.29) is 5.43 Å². The third-order valence-electron chi connectivity index (χ3n) is 4.28. The Labute approximate surface area is 133 Å². The second-order valence-corrected chi connectivity index (χ2v) is 5.89. The second kappa shape index (κ2) is 5.16. The highest BCUT2D eigenvalue weighted by molar-refractivity contribution is 5.81. The Bertz CT molecular complexity index is 972. The zero-order valence-corrected chi connectivity index (χ0v) is 13.1. The number of aryl methyl sites for hydroxylation is 2. The second-order valence-electron chi connectivity index (χ2n) is 5.89. The summed E-state index contributed by atoms with van der Waals surface area (Å²) in [5, 5.41) is 3.92. The Morgan fingerprint density at radius 2 is 1.87 bits per heavy atom. The minimum atomic E-state index is -0.0220. The molecule has 0 saturated heterocycles. The van der Waals surface area contributed by atoms with E-state index in [2.05, 4.69) is 5.32 Å². The lowest BCUT2D eigenvalue weighted by Crippen LogP contribution is -2.17. The molecule has 3 aromatic rings. The van der Waals surface area contributed by atoms with Gasteiger partial charge in [0.2, 0.25) is 0 Å². The largest absolute Gasteiger partial charge is 0.490 e. The first-order valence-corrected chi connectivity index (χ1v) is 7.68. The standard InChI is InChI=1S/C19H17NO3/c1-11-7-14-16(21)10-18(23-19(14)8-12(11)2)13-3-4-17-15(9-13)20-5-6-22-17/h3-4,7-10,20H,5-6H2,1-2H3. The topological polar surface area (TPSA) is 51.5 Å². The van der Waals surface area contributed by atoms with Gasteiger partial charge < -0.3 is 14.5 Å². The van der Waals surface area contributed by atoms with E-state index >= 15 is 0 Å². The molecule has 0 fully saturated rings. The van der Waals surface area contributed by atoms with Gasteiger partial charge in [-0.25, -0.2) is 0 Å². The van der Waals surface area contributed by atoms with Gasteiger partial charge >= 0.3 is 0 Å². The molecular formula is C19H17NO3. The Balaban J connectivity index is 1.89. The first-order chi connectivity index (χ1) is 11.1. The number of rotatable bonds is 1. The number of benzene rings is 2. The number of fused-ring (bicyclic) bond motifs is 2. The van der Waals surface area contributed by atoms with E-state index in [1.165, 1.54) is 0 Å². The van der Waals surface area contributed by atoms with Crippen molar-refractivity contribution in [2.24, 2.45) is 0 Å². The summed E-state index contributed by atoms with van der Waals surface area (Å²) in [4.78, 5) is 12.4. The van der Waals surface area contributed by atoms with Gasteiger partial charge in [-0.15, -0.1) is 0 Å². The highest BCUT2D eigenvalue weighted by Gasteiger charge is 2.13. The molecule has 1 aromatic heterocycles. The molecule has 1 N–H and O–H groups in total. The summed E-state index contributed by atoms with van der Waals surface area (Å²) in [6, 6.07) is 11.2. The maximum absolute atomic E-state index is 12.4. The van der Waals surface area contributed by atoms with Crippen LogP contribution in [0.15, 0.2) is 45.6 Å². The Hall–Kier alpha value is -2.75. The fraction of sp³-hybridized carbons (Fsp3) is 0.211. The Morgan fingerprint density at radius 1 is 1.04 bits per heavy atom. The number of hydrogen-bond donors (Lipinski definition) is 1. The summed E-state index contributed by atoms with van der Waals surface area (Å²) in [6.07, 6.45) is 0. The number of hydrogen-bond acceptors (Lipinski definition) is 4. The van der Waals surface area contributed by atoms with Gasteiger partial charge in [-0.3, -0.25) is 4.79 Å². The van der Waals surface area contributed by atoms with Crippen LogP contribution < -0.4 is 15.5 Å². The lowest BCUT2D eigenvalue weighted by atomic mass is 10.1. The highest BCUT2D eigenvalue weighted by atomic mass is 16.5. The molecule has 1 aliphatic heterocycles. The van der Waals surface area contributed by atoms with Gasteiger partial charge in [-0.2, -0.15) is 0 Å². The molecule has 4 heteroatoms. The van der Waals surface area contributed by atoms with Gasteiger partial charge in [0.05, 0.1) is 11.1 Å². The first-order valence-electron chi connectivity index (χ1n) is 7.68.